The Hall–Kier alpha value is -3.02. The molecule has 2 aromatic carbocycles. The minimum atomic E-state index is -0.207. The second-order valence-corrected chi connectivity index (χ2v) is 5.36. The van der Waals surface area contributed by atoms with Gasteiger partial charge in [-0.2, -0.15) is 5.10 Å². The van der Waals surface area contributed by atoms with E-state index in [1.165, 1.54) is 0 Å². The van der Waals surface area contributed by atoms with E-state index < -0.39 is 0 Å². The third-order valence-corrected chi connectivity index (χ3v) is 3.87. The van der Waals surface area contributed by atoms with Crippen LogP contribution >= 0.6 is 0 Å². The van der Waals surface area contributed by atoms with Crippen LogP contribution in [0.4, 0.5) is 0 Å². The van der Waals surface area contributed by atoms with Crippen LogP contribution in [0, 0.1) is 0 Å². The highest BCUT2D eigenvalue weighted by Gasteiger charge is 2.15. The number of carbonyl (C=O) groups excluding carboxylic acids is 1. The molecule has 0 spiro atoms. The lowest BCUT2D eigenvalue weighted by Gasteiger charge is -2.10. The predicted octanol–water partition coefficient (Wildman–Crippen LogP) is 2.52. The average molecular weight is 325 g/mol. The molecule has 3 rings (SSSR count). The van der Waals surface area contributed by atoms with Crippen molar-refractivity contribution in [1.29, 1.82) is 0 Å². The number of fused-ring (bicyclic) bond motifs is 1. The summed E-state index contributed by atoms with van der Waals surface area (Å²) in [5.41, 5.74) is 2.27. The summed E-state index contributed by atoms with van der Waals surface area (Å²) in [6.07, 6.45) is 0. The summed E-state index contributed by atoms with van der Waals surface area (Å²) in [5.74, 6) is 1.08. The highest BCUT2D eigenvalue weighted by atomic mass is 16.5. The molecular weight excluding hydrogens is 306 g/mol. The molecule has 0 unspecified atom stereocenters. The number of methoxy groups -OCH3 is 2. The van der Waals surface area contributed by atoms with Gasteiger partial charge in [0.25, 0.3) is 5.91 Å². The Morgan fingerprint density at radius 1 is 1.12 bits per heavy atom. The van der Waals surface area contributed by atoms with E-state index in [1.807, 2.05) is 49.5 Å². The molecule has 0 bridgehead atoms. The highest BCUT2D eigenvalue weighted by molar-refractivity contribution is 6.04. The maximum atomic E-state index is 12.5. The van der Waals surface area contributed by atoms with Gasteiger partial charge in [-0.3, -0.25) is 9.48 Å². The van der Waals surface area contributed by atoms with Crippen molar-refractivity contribution in [1.82, 2.24) is 15.1 Å². The molecule has 0 aliphatic heterocycles. The third kappa shape index (κ3) is 2.90. The van der Waals surface area contributed by atoms with Gasteiger partial charge in [0.1, 0.15) is 0 Å². The van der Waals surface area contributed by atoms with Gasteiger partial charge in [-0.25, -0.2) is 0 Å². The van der Waals surface area contributed by atoms with Gasteiger partial charge in [-0.15, -0.1) is 0 Å². The minimum Gasteiger partial charge on any atom is -0.493 e. The molecule has 1 heterocycles. The number of benzene rings is 2. The number of rotatable bonds is 5. The Kier molecular flexibility index (Phi) is 4.37. The quantitative estimate of drug-likeness (QED) is 0.783. The first kappa shape index (κ1) is 15.9. The van der Waals surface area contributed by atoms with E-state index in [9.17, 15) is 4.79 Å². The fraction of sp³-hybridized carbons (Fsp3) is 0.222. The molecule has 1 aromatic heterocycles. The van der Waals surface area contributed by atoms with Gasteiger partial charge in [-0.1, -0.05) is 24.3 Å². The number of aromatic nitrogens is 2. The van der Waals surface area contributed by atoms with Crippen LogP contribution in [0.1, 0.15) is 16.1 Å². The molecule has 6 nitrogen and oxygen atoms in total. The van der Waals surface area contributed by atoms with Crippen LogP contribution in [0.15, 0.2) is 42.5 Å². The van der Waals surface area contributed by atoms with E-state index >= 15 is 0 Å². The maximum absolute atomic E-state index is 12.5. The van der Waals surface area contributed by atoms with Crippen LogP contribution in [-0.2, 0) is 13.6 Å². The Labute approximate surface area is 140 Å². The molecule has 3 aromatic rings. The molecule has 0 saturated carbocycles. The first-order chi connectivity index (χ1) is 11.6. The lowest BCUT2D eigenvalue weighted by atomic mass is 10.2. The normalized spacial score (nSPS) is 10.6. The summed E-state index contributed by atoms with van der Waals surface area (Å²) in [6.45, 7) is 0.379. The summed E-state index contributed by atoms with van der Waals surface area (Å²) in [7, 11) is 5.00. The second kappa shape index (κ2) is 6.62. The molecule has 24 heavy (non-hydrogen) atoms. The molecule has 1 amide bonds. The summed E-state index contributed by atoms with van der Waals surface area (Å²) >= 11 is 0. The molecule has 124 valence electrons. The number of ether oxygens (including phenoxy) is 2. The minimum absolute atomic E-state index is 0.207. The molecule has 0 atom stereocenters. The van der Waals surface area contributed by atoms with Crippen molar-refractivity contribution in [3.8, 4) is 11.5 Å². The number of amides is 1. The van der Waals surface area contributed by atoms with Crippen molar-refractivity contribution in [3.05, 3.63) is 53.7 Å². The molecule has 0 fully saturated rings. The Morgan fingerprint density at radius 3 is 2.62 bits per heavy atom. The molecular formula is C18H19N3O3. The monoisotopic (exact) mass is 325 g/mol. The zero-order chi connectivity index (χ0) is 17.1. The van der Waals surface area contributed by atoms with E-state index in [-0.39, 0.29) is 5.91 Å². The topological polar surface area (TPSA) is 65.4 Å². The Morgan fingerprint density at radius 2 is 1.88 bits per heavy atom. The number of carbonyl (C=O) groups is 1. The van der Waals surface area contributed by atoms with Crippen LogP contribution in [0.2, 0.25) is 0 Å². The smallest absolute Gasteiger partial charge is 0.272 e. The van der Waals surface area contributed by atoms with E-state index in [0.717, 1.165) is 16.5 Å². The molecule has 6 heteroatoms. The van der Waals surface area contributed by atoms with Crippen molar-refractivity contribution in [3.63, 3.8) is 0 Å². The number of hydrogen-bond donors (Lipinski definition) is 1. The van der Waals surface area contributed by atoms with E-state index in [1.54, 1.807) is 18.9 Å². The van der Waals surface area contributed by atoms with Crippen molar-refractivity contribution < 1.29 is 14.3 Å². The molecule has 0 saturated heterocycles. The zero-order valence-corrected chi connectivity index (χ0v) is 13.9. The van der Waals surface area contributed by atoms with Crippen LogP contribution in [0.5, 0.6) is 11.5 Å². The van der Waals surface area contributed by atoms with Crippen LogP contribution < -0.4 is 14.8 Å². The molecule has 0 aliphatic rings. The van der Waals surface area contributed by atoms with Gasteiger partial charge in [0, 0.05) is 19.0 Å². The standard InChI is InChI=1S/C18H19N3O3/c1-21-14-7-5-4-6-13(14)17(20-21)18(22)19-11-12-8-9-15(23-2)16(10-12)24-3/h4-10H,11H2,1-3H3,(H,19,22). The number of nitrogens with zero attached hydrogens (tertiary/aromatic N) is 2. The summed E-state index contributed by atoms with van der Waals surface area (Å²) in [6, 6.07) is 13.2. The first-order valence-electron chi connectivity index (χ1n) is 7.55. The molecule has 0 radical (unpaired) electrons. The van der Waals surface area contributed by atoms with Crippen molar-refractivity contribution in [2.45, 2.75) is 6.54 Å². The van der Waals surface area contributed by atoms with E-state index in [0.29, 0.717) is 23.7 Å². The molecule has 1 N–H and O–H groups in total. The highest BCUT2D eigenvalue weighted by Crippen LogP contribution is 2.27. The second-order valence-electron chi connectivity index (χ2n) is 5.36. The number of para-hydroxylation sites is 1. The van der Waals surface area contributed by atoms with Gasteiger partial charge in [0.05, 0.1) is 19.7 Å². The van der Waals surface area contributed by atoms with Gasteiger partial charge in [-0.05, 0) is 23.8 Å². The fourth-order valence-electron chi connectivity index (χ4n) is 2.64. The molecule has 0 aliphatic carbocycles. The van der Waals surface area contributed by atoms with Gasteiger partial charge >= 0.3 is 0 Å². The van der Waals surface area contributed by atoms with Crippen LogP contribution in [0.3, 0.4) is 0 Å². The summed E-state index contributed by atoms with van der Waals surface area (Å²) in [4.78, 5) is 12.5. The SMILES string of the molecule is COc1ccc(CNC(=O)c2nn(C)c3ccccc23)cc1OC. The van der Waals surface area contributed by atoms with Crippen molar-refractivity contribution >= 4 is 16.8 Å². The Balaban J connectivity index is 1.78. The van der Waals surface area contributed by atoms with Crippen LogP contribution in [-0.4, -0.2) is 29.9 Å². The maximum Gasteiger partial charge on any atom is 0.272 e. The fourth-order valence-corrected chi connectivity index (χ4v) is 2.64. The lowest BCUT2D eigenvalue weighted by Crippen LogP contribution is -2.23. The third-order valence-electron chi connectivity index (χ3n) is 3.87. The van der Waals surface area contributed by atoms with Crippen molar-refractivity contribution in [2.24, 2.45) is 7.05 Å². The Bertz CT molecular complexity index is 886. The van der Waals surface area contributed by atoms with E-state index in [2.05, 4.69) is 10.4 Å². The lowest BCUT2D eigenvalue weighted by molar-refractivity contribution is 0.0946. The van der Waals surface area contributed by atoms with Gasteiger partial charge < -0.3 is 14.8 Å². The number of nitrogens with one attached hydrogen (secondary N) is 1. The average Bonchev–Trinajstić information content (AvgIpc) is 2.96. The van der Waals surface area contributed by atoms with Gasteiger partial charge in [0.15, 0.2) is 17.2 Å². The van der Waals surface area contributed by atoms with Gasteiger partial charge in [0.2, 0.25) is 0 Å². The van der Waals surface area contributed by atoms with E-state index in [4.69, 9.17) is 9.47 Å². The summed E-state index contributed by atoms with van der Waals surface area (Å²) in [5, 5.41) is 8.06. The first-order valence-corrected chi connectivity index (χ1v) is 7.55. The number of aryl methyl sites for hydroxylation is 1. The largest absolute Gasteiger partial charge is 0.493 e. The summed E-state index contributed by atoms with van der Waals surface area (Å²) < 4.78 is 12.2. The predicted molar refractivity (Wildman–Crippen MR) is 91.4 cm³/mol. The van der Waals surface area contributed by atoms with Crippen LogP contribution in [0.25, 0.3) is 10.9 Å². The number of hydrogen-bond acceptors (Lipinski definition) is 4. The zero-order valence-electron chi connectivity index (χ0n) is 13.9. The van der Waals surface area contributed by atoms with Crippen molar-refractivity contribution in [2.75, 3.05) is 14.2 Å².